The number of anilines is 1. The topological polar surface area (TPSA) is 211 Å². The van der Waals surface area contributed by atoms with E-state index in [0.29, 0.717) is 11.3 Å². The minimum absolute atomic E-state index is 0.00454. The van der Waals surface area contributed by atoms with Crippen LogP contribution in [0.4, 0.5) is 5.69 Å². The van der Waals surface area contributed by atoms with Crippen LogP contribution in [-0.2, 0) is 20.8 Å². The maximum Gasteiger partial charge on any atom is 0.278 e. The third kappa shape index (κ3) is 2.92. The number of benzene rings is 1. The summed E-state index contributed by atoms with van der Waals surface area (Å²) in [5.74, 6) is -8.65. The first-order valence-electron chi connectivity index (χ1n) is 10.3. The zero-order valence-electron chi connectivity index (χ0n) is 18.2. The van der Waals surface area contributed by atoms with Crippen LogP contribution in [0.25, 0.3) is 5.76 Å². The van der Waals surface area contributed by atoms with Crippen LogP contribution in [0.2, 0.25) is 0 Å². The molecule has 4 rings (SSSR count). The molecule has 0 spiro atoms. The number of hydrogen-bond acceptors (Lipinski definition) is 10. The van der Waals surface area contributed by atoms with Gasteiger partial charge in [-0.3, -0.25) is 24.4 Å². The first-order valence-corrected chi connectivity index (χ1v) is 10.3. The van der Waals surface area contributed by atoms with Gasteiger partial charge in [0.2, 0.25) is 5.78 Å². The number of rotatable bonds is 3. The lowest BCUT2D eigenvalue weighted by Crippen LogP contribution is -2.58. The van der Waals surface area contributed by atoms with Crippen molar-refractivity contribution in [3.05, 3.63) is 39.7 Å². The number of aromatic hydroxyl groups is 1. The number of nitrogens with two attached hydrogens (primary N) is 1. The summed E-state index contributed by atoms with van der Waals surface area (Å²) in [5, 5.41) is 52.7. The molecule has 0 aliphatic heterocycles. The average Bonchev–Trinajstić information content (AvgIpc) is 2.75. The van der Waals surface area contributed by atoms with Crippen LogP contribution in [0.3, 0.4) is 0 Å². The third-order valence-corrected chi connectivity index (χ3v) is 6.87. The number of nitrogens with one attached hydrogen (secondary N) is 1. The van der Waals surface area contributed by atoms with Crippen molar-refractivity contribution in [2.45, 2.75) is 24.9 Å². The second-order valence-corrected chi connectivity index (χ2v) is 8.89. The van der Waals surface area contributed by atoms with Crippen LogP contribution in [0.1, 0.15) is 34.3 Å². The van der Waals surface area contributed by atoms with Crippen LogP contribution in [-0.4, -0.2) is 68.7 Å². The van der Waals surface area contributed by atoms with Gasteiger partial charge in [-0.05, 0) is 30.4 Å². The van der Waals surface area contributed by atoms with Gasteiger partial charge in [0.1, 0.15) is 22.8 Å². The molecule has 1 aromatic carbocycles. The standard InChI is InChI=1S/C22H23N3O9/c1-25(2)11-6-10(21(32)24-34)16(27)14-9(11)4-7-3-8-5-12(26)15(20(23)31)19(30)22(8,33)18(29)13(7)17(14)28/h6-8,27-28,30,33-34H,3-5H2,1-2H3,(H2,23,31)(H,24,32)/t7-,8+,22+/m1/s1. The van der Waals surface area contributed by atoms with Gasteiger partial charge in [-0.25, -0.2) is 5.48 Å². The molecule has 0 aromatic heterocycles. The van der Waals surface area contributed by atoms with Crippen LogP contribution < -0.4 is 16.1 Å². The lowest BCUT2D eigenvalue weighted by Gasteiger charge is -2.46. The molecule has 12 heteroatoms. The fraction of sp³-hybridized carbons (Fsp3) is 0.364. The number of fused-ring (bicyclic) bond motifs is 3. The second kappa shape index (κ2) is 7.57. The summed E-state index contributed by atoms with van der Waals surface area (Å²) < 4.78 is 0. The molecule has 1 aromatic rings. The van der Waals surface area contributed by atoms with Gasteiger partial charge in [0.05, 0.1) is 11.1 Å². The lowest BCUT2D eigenvalue weighted by molar-refractivity contribution is -0.147. The Hall–Kier alpha value is -3.90. The monoisotopic (exact) mass is 473 g/mol. The molecule has 0 saturated heterocycles. The molecule has 2 amide bonds. The van der Waals surface area contributed by atoms with E-state index >= 15 is 0 Å². The Morgan fingerprint density at radius 3 is 2.38 bits per heavy atom. The molecule has 1 saturated carbocycles. The molecule has 0 bridgehead atoms. The van der Waals surface area contributed by atoms with Crippen molar-refractivity contribution in [2.75, 3.05) is 19.0 Å². The first-order chi connectivity index (χ1) is 15.9. The number of Topliss-reactive ketones (excluding diaryl/α,β-unsaturated/α-hetero) is 2. The Morgan fingerprint density at radius 2 is 1.82 bits per heavy atom. The fourth-order valence-corrected chi connectivity index (χ4v) is 5.30. The van der Waals surface area contributed by atoms with Crippen molar-refractivity contribution in [1.29, 1.82) is 0 Å². The second-order valence-electron chi connectivity index (χ2n) is 8.89. The summed E-state index contributed by atoms with van der Waals surface area (Å²) in [4.78, 5) is 51.3. The van der Waals surface area contributed by atoms with Gasteiger partial charge in [0, 0.05) is 37.7 Å². The highest BCUT2D eigenvalue weighted by Crippen LogP contribution is 2.53. The van der Waals surface area contributed by atoms with Crippen LogP contribution in [0.5, 0.6) is 5.75 Å². The number of phenolic OH excluding ortho intramolecular Hbond substituents is 1. The fourth-order valence-electron chi connectivity index (χ4n) is 5.30. The zero-order chi connectivity index (χ0) is 25.3. The van der Waals surface area contributed by atoms with Gasteiger partial charge in [-0.1, -0.05) is 0 Å². The number of primary amides is 1. The maximum absolute atomic E-state index is 13.5. The average molecular weight is 473 g/mol. The highest BCUT2D eigenvalue weighted by Gasteiger charge is 2.60. The quantitative estimate of drug-likeness (QED) is 0.172. The largest absolute Gasteiger partial charge is 0.508 e. The SMILES string of the molecule is CN(C)c1cc(C(=O)NO)c(O)c2c1C[C@H]1C[C@H]3CC(=O)C(C(N)=O)=C(O)[C@@]3(O)C(=O)C1=C2O. The minimum Gasteiger partial charge on any atom is -0.508 e. The van der Waals surface area contributed by atoms with Crippen LogP contribution in [0, 0.1) is 11.8 Å². The van der Waals surface area contributed by atoms with Crippen LogP contribution in [0.15, 0.2) is 23.0 Å². The Kier molecular flexibility index (Phi) is 5.18. The van der Waals surface area contributed by atoms with E-state index in [1.54, 1.807) is 19.0 Å². The molecule has 0 unspecified atom stereocenters. The summed E-state index contributed by atoms with van der Waals surface area (Å²) in [6, 6.07) is 1.32. The summed E-state index contributed by atoms with van der Waals surface area (Å²) in [6.45, 7) is 0. The van der Waals surface area contributed by atoms with E-state index in [0.717, 1.165) is 0 Å². The van der Waals surface area contributed by atoms with E-state index in [1.165, 1.54) is 11.5 Å². The summed E-state index contributed by atoms with van der Waals surface area (Å²) in [5.41, 5.74) is 2.91. The van der Waals surface area contributed by atoms with E-state index < -0.39 is 70.1 Å². The third-order valence-electron chi connectivity index (χ3n) is 6.87. The highest BCUT2D eigenvalue weighted by molar-refractivity contribution is 6.22. The molecule has 0 radical (unpaired) electrons. The van der Waals surface area contributed by atoms with E-state index in [4.69, 9.17) is 10.9 Å². The maximum atomic E-state index is 13.5. The van der Waals surface area contributed by atoms with Gasteiger partial charge in [-0.15, -0.1) is 0 Å². The number of carbonyl (C=O) groups is 4. The summed E-state index contributed by atoms with van der Waals surface area (Å²) >= 11 is 0. The Bertz CT molecular complexity index is 1250. The van der Waals surface area contributed by atoms with Crippen molar-refractivity contribution in [1.82, 2.24) is 5.48 Å². The number of nitrogens with zero attached hydrogens (tertiary/aromatic N) is 1. The number of aliphatic hydroxyl groups excluding tert-OH is 2. The van der Waals surface area contributed by atoms with Gasteiger partial charge in [0.15, 0.2) is 11.4 Å². The molecule has 8 N–H and O–H groups in total. The summed E-state index contributed by atoms with van der Waals surface area (Å²) in [7, 11) is 3.31. The number of ketones is 2. The number of phenols is 1. The van der Waals surface area contributed by atoms with E-state index in [1.807, 2.05) is 0 Å². The summed E-state index contributed by atoms with van der Waals surface area (Å²) in [6.07, 6.45) is -0.324. The number of carbonyl (C=O) groups excluding carboxylic acids is 4. The van der Waals surface area contributed by atoms with Crippen molar-refractivity contribution in [3.8, 4) is 5.75 Å². The Morgan fingerprint density at radius 1 is 1.18 bits per heavy atom. The molecular weight excluding hydrogens is 450 g/mol. The highest BCUT2D eigenvalue weighted by atomic mass is 16.5. The Balaban J connectivity index is 1.99. The molecule has 3 atom stereocenters. The number of hydroxylamine groups is 1. The normalized spacial score (nSPS) is 26.0. The zero-order valence-corrected chi connectivity index (χ0v) is 18.2. The van der Waals surface area contributed by atoms with Gasteiger partial charge in [-0.2, -0.15) is 0 Å². The van der Waals surface area contributed by atoms with Gasteiger partial charge in [0.25, 0.3) is 11.8 Å². The molecule has 0 heterocycles. The van der Waals surface area contributed by atoms with Gasteiger partial charge >= 0.3 is 0 Å². The molecule has 1 fully saturated rings. The Labute approximate surface area is 192 Å². The van der Waals surface area contributed by atoms with Crippen molar-refractivity contribution < 1.29 is 44.8 Å². The molecular formula is C22H23N3O9. The predicted octanol–water partition coefficient (Wildman–Crippen LogP) is -0.391. The number of hydrogen-bond donors (Lipinski definition) is 7. The molecule has 3 aliphatic rings. The van der Waals surface area contributed by atoms with Crippen molar-refractivity contribution >= 4 is 34.8 Å². The van der Waals surface area contributed by atoms with Crippen molar-refractivity contribution in [3.63, 3.8) is 0 Å². The molecule has 3 aliphatic carbocycles. The predicted molar refractivity (Wildman–Crippen MR) is 115 cm³/mol. The van der Waals surface area contributed by atoms with E-state index in [-0.39, 0.29) is 29.5 Å². The number of aliphatic hydroxyl groups is 3. The van der Waals surface area contributed by atoms with Crippen molar-refractivity contribution in [2.24, 2.45) is 17.6 Å². The molecule has 12 nitrogen and oxygen atoms in total. The lowest BCUT2D eigenvalue weighted by atomic mass is 9.59. The van der Waals surface area contributed by atoms with Gasteiger partial charge < -0.3 is 31.1 Å². The van der Waals surface area contributed by atoms with E-state index in [9.17, 15) is 39.6 Å². The van der Waals surface area contributed by atoms with Crippen LogP contribution >= 0.6 is 0 Å². The molecule has 34 heavy (non-hydrogen) atoms. The molecule has 180 valence electrons. The first kappa shape index (κ1) is 23.3. The smallest absolute Gasteiger partial charge is 0.278 e. The minimum atomic E-state index is -2.67. The van der Waals surface area contributed by atoms with E-state index in [2.05, 4.69) is 0 Å². The number of amides is 2.